The van der Waals surface area contributed by atoms with E-state index in [1.165, 1.54) is 6.07 Å². The van der Waals surface area contributed by atoms with Gasteiger partial charge in [-0.2, -0.15) is 0 Å². The van der Waals surface area contributed by atoms with Gasteiger partial charge in [0.05, 0.1) is 5.41 Å². The van der Waals surface area contributed by atoms with Crippen LogP contribution >= 0.6 is 24.0 Å². The molecule has 0 aliphatic carbocycles. The van der Waals surface area contributed by atoms with E-state index in [0.29, 0.717) is 24.9 Å². The predicted octanol–water partition coefficient (Wildman–Crippen LogP) is 1.35. The molecule has 0 saturated carbocycles. The SMILES string of the molecule is CN=C(NCC(C)(C)C(=O)NC)NC1CCN(c2ncccc2F)C1.I. The Labute approximate surface area is 171 Å². The lowest BCUT2D eigenvalue weighted by Gasteiger charge is -2.25. The molecule has 0 radical (unpaired) electrons. The lowest BCUT2D eigenvalue weighted by Crippen LogP contribution is -2.50. The molecule has 26 heavy (non-hydrogen) atoms. The number of rotatable bonds is 5. The first-order chi connectivity index (χ1) is 11.9. The normalized spacial score (nSPS) is 17.5. The zero-order valence-corrected chi connectivity index (χ0v) is 18.0. The molecule has 1 aliphatic rings. The summed E-state index contributed by atoms with van der Waals surface area (Å²) in [4.78, 5) is 22.1. The van der Waals surface area contributed by atoms with Crippen LogP contribution in [0, 0.1) is 11.2 Å². The van der Waals surface area contributed by atoms with Gasteiger partial charge in [0.25, 0.3) is 0 Å². The van der Waals surface area contributed by atoms with Gasteiger partial charge in [0.15, 0.2) is 17.6 Å². The van der Waals surface area contributed by atoms with Crippen LogP contribution in [0.4, 0.5) is 10.2 Å². The molecular formula is C17H28FIN6O. The van der Waals surface area contributed by atoms with Crippen molar-refractivity contribution in [2.24, 2.45) is 10.4 Å². The Morgan fingerprint density at radius 1 is 1.50 bits per heavy atom. The Bertz CT molecular complexity index is 639. The van der Waals surface area contributed by atoms with Gasteiger partial charge in [-0.05, 0) is 32.4 Å². The van der Waals surface area contributed by atoms with Crippen molar-refractivity contribution in [3.05, 3.63) is 24.1 Å². The molecule has 1 aromatic rings. The van der Waals surface area contributed by atoms with Gasteiger partial charge in [0, 0.05) is 46.0 Å². The minimum Gasteiger partial charge on any atom is -0.359 e. The number of hydrogen-bond donors (Lipinski definition) is 3. The third-order valence-corrected chi connectivity index (χ3v) is 4.33. The Morgan fingerprint density at radius 3 is 2.85 bits per heavy atom. The lowest BCUT2D eigenvalue weighted by molar-refractivity contribution is -0.128. The number of carbonyl (C=O) groups excluding carboxylic acids is 1. The van der Waals surface area contributed by atoms with E-state index in [-0.39, 0.29) is 41.7 Å². The molecule has 3 N–H and O–H groups in total. The van der Waals surface area contributed by atoms with Gasteiger partial charge in [-0.3, -0.25) is 9.79 Å². The van der Waals surface area contributed by atoms with Crippen LogP contribution in [0.1, 0.15) is 20.3 Å². The summed E-state index contributed by atoms with van der Waals surface area (Å²) in [6.45, 7) is 5.57. The number of halogens is 2. The number of carbonyl (C=O) groups is 1. The topological polar surface area (TPSA) is 81.6 Å². The van der Waals surface area contributed by atoms with Gasteiger partial charge in [0.1, 0.15) is 0 Å². The van der Waals surface area contributed by atoms with Crippen LogP contribution in [0.5, 0.6) is 0 Å². The van der Waals surface area contributed by atoms with Gasteiger partial charge < -0.3 is 20.9 Å². The van der Waals surface area contributed by atoms with Crippen LogP contribution in [0.25, 0.3) is 0 Å². The number of aromatic nitrogens is 1. The summed E-state index contributed by atoms with van der Waals surface area (Å²) in [5.41, 5.74) is -0.550. The van der Waals surface area contributed by atoms with E-state index in [2.05, 4.69) is 25.9 Å². The van der Waals surface area contributed by atoms with Crippen LogP contribution in [-0.2, 0) is 4.79 Å². The fraction of sp³-hybridized carbons (Fsp3) is 0.588. The highest BCUT2D eigenvalue weighted by molar-refractivity contribution is 14.0. The van der Waals surface area contributed by atoms with Crippen molar-refractivity contribution >= 4 is 41.7 Å². The second-order valence-corrected chi connectivity index (χ2v) is 6.77. The van der Waals surface area contributed by atoms with Crippen molar-refractivity contribution in [3.63, 3.8) is 0 Å². The van der Waals surface area contributed by atoms with Crippen molar-refractivity contribution < 1.29 is 9.18 Å². The van der Waals surface area contributed by atoms with E-state index in [0.717, 1.165) is 13.0 Å². The smallest absolute Gasteiger partial charge is 0.227 e. The molecular weight excluding hydrogens is 450 g/mol. The Morgan fingerprint density at radius 2 is 2.23 bits per heavy atom. The molecule has 1 saturated heterocycles. The number of amides is 1. The molecule has 146 valence electrons. The molecule has 1 amide bonds. The first-order valence-corrected chi connectivity index (χ1v) is 8.42. The maximum absolute atomic E-state index is 13.9. The molecule has 7 nitrogen and oxygen atoms in total. The minimum absolute atomic E-state index is 0. The summed E-state index contributed by atoms with van der Waals surface area (Å²) in [5, 5.41) is 9.18. The number of nitrogens with one attached hydrogen (secondary N) is 3. The Hall–Kier alpha value is -1.65. The Kier molecular flexibility index (Phi) is 8.51. The average Bonchev–Trinajstić information content (AvgIpc) is 3.06. The van der Waals surface area contributed by atoms with E-state index in [9.17, 15) is 9.18 Å². The van der Waals surface area contributed by atoms with Gasteiger partial charge in [-0.1, -0.05) is 0 Å². The monoisotopic (exact) mass is 478 g/mol. The second kappa shape index (κ2) is 9.89. The molecule has 1 atom stereocenters. The van der Waals surface area contributed by atoms with Crippen molar-refractivity contribution in [1.82, 2.24) is 20.9 Å². The van der Waals surface area contributed by atoms with Crippen LogP contribution in [-0.4, -0.2) is 56.6 Å². The highest BCUT2D eigenvalue weighted by Crippen LogP contribution is 2.20. The molecule has 0 bridgehead atoms. The predicted molar refractivity (Wildman–Crippen MR) is 113 cm³/mol. The maximum atomic E-state index is 13.9. The van der Waals surface area contributed by atoms with Crippen molar-refractivity contribution in [3.8, 4) is 0 Å². The average molecular weight is 478 g/mol. The number of hydrogen-bond acceptors (Lipinski definition) is 4. The number of nitrogens with zero attached hydrogens (tertiary/aromatic N) is 3. The first kappa shape index (κ1) is 22.4. The summed E-state index contributed by atoms with van der Waals surface area (Å²) in [6, 6.07) is 3.14. The summed E-state index contributed by atoms with van der Waals surface area (Å²) in [5.74, 6) is 0.673. The lowest BCUT2D eigenvalue weighted by atomic mass is 9.92. The largest absolute Gasteiger partial charge is 0.359 e. The highest BCUT2D eigenvalue weighted by Gasteiger charge is 2.28. The van der Waals surface area contributed by atoms with Crippen molar-refractivity contribution in [1.29, 1.82) is 0 Å². The van der Waals surface area contributed by atoms with E-state index in [4.69, 9.17) is 0 Å². The van der Waals surface area contributed by atoms with Gasteiger partial charge >= 0.3 is 0 Å². The van der Waals surface area contributed by atoms with Gasteiger partial charge in [0.2, 0.25) is 5.91 Å². The summed E-state index contributed by atoms with van der Waals surface area (Å²) < 4.78 is 13.9. The highest BCUT2D eigenvalue weighted by atomic mass is 127. The number of anilines is 1. The van der Waals surface area contributed by atoms with Crippen LogP contribution in [0.15, 0.2) is 23.3 Å². The quantitative estimate of drug-likeness (QED) is 0.338. The number of pyridine rings is 1. The molecule has 0 aromatic carbocycles. The van der Waals surface area contributed by atoms with Crippen LogP contribution in [0.2, 0.25) is 0 Å². The second-order valence-electron chi connectivity index (χ2n) is 6.77. The zero-order valence-electron chi connectivity index (χ0n) is 15.7. The summed E-state index contributed by atoms with van der Waals surface area (Å²) >= 11 is 0. The third kappa shape index (κ3) is 5.68. The van der Waals surface area contributed by atoms with E-state index < -0.39 is 5.41 Å². The third-order valence-electron chi connectivity index (χ3n) is 4.33. The van der Waals surface area contributed by atoms with Gasteiger partial charge in [-0.15, -0.1) is 24.0 Å². The van der Waals surface area contributed by atoms with Crippen molar-refractivity contribution in [2.45, 2.75) is 26.3 Å². The fourth-order valence-corrected chi connectivity index (χ4v) is 2.79. The molecule has 1 fully saturated rings. The summed E-state index contributed by atoms with van der Waals surface area (Å²) in [7, 11) is 3.31. The molecule has 2 heterocycles. The number of aliphatic imine (C=N–C) groups is 1. The fourth-order valence-electron chi connectivity index (χ4n) is 2.79. The molecule has 0 spiro atoms. The van der Waals surface area contributed by atoms with Crippen LogP contribution < -0.4 is 20.9 Å². The minimum atomic E-state index is -0.550. The van der Waals surface area contributed by atoms with E-state index >= 15 is 0 Å². The van der Waals surface area contributed by atoms with E-state index in [1.54, 1.807) is 26.4 Å². The van der Waals surface area contributed by atoms with Crippen LogP contribution in [0.3, 0.4) is 0 Å². The zero-order chi connectivity index (χ0) is 18.4. The van der Waals surface area contributed by atoms with Crippen molar-refractivity contribution in [2.75, 3.05) is 38.6 Å². The molecule has 1 aliphatic heterocycles. The summed E-state index contributed by atoms with van der Waals surface area (Å²) in [6.07, 6.45) is 2.45. The molecule has 2 rings (SSSR count). The molecule has 1 aromatic heterocycles. The molecule has 1 unspecified atom stereocenters. The van der Waals surface area contributed by atoms with Gasteiger partial charge in [-0.25, -0.2) is 9.37 Å². The standard InChI is InChI=1S/C17H27FN6O.HI/c1-17(2,15(25)19-3)11-22-16(20-4)23-12-7-9-24(10-12)14-13(18)6-5-8-21-14;/h5-6,8,12H,7,9-11H2,1-4H3,(H,19,25)(H2,20,22,23);1H. The maximum Gasteiger partial charge on any atom is 0.227 e. The Balaban J connectivity index is 0.00000338. The van der Waals surface area contributed by atoms with E-state index in [1.807, 2.05) is 18.7 Å². The molecule has 9 heteroatoms. The first-order valence-electron chi connectivity index (χ1n) is 8.42. The number of guanidine groups is 1.